The molecular weight excluding hydrogens is 382 g/mol. The average molecular weight is 414 g/mol. The fourth-order valence-electron chi connectivity index (χ4n) is 8.64. The summed E-state index contributed by atoms with van der Waals surface area (Å²) in [7, 11) is 1.58. The second kappa shape index (κ2) is 5.76. The zero-order chi connectivity index (χ0) is 20.9. The van der Waals surface area contributed by atoms with Crippen molar-refractivity contribution in [1.82, 2.24) is 0 Å². The van der Waals surface area contributed by atoms with Crippen LogP contribution in [0.25, 0.3) is 0 Å². The molecule has 6 heteroatoms. The molecule has 4 aliphatic carbocycles. The first kappa shape index (κ1) is 19.0. The van der Waals surface area contributed by atoms with Crippen molar-refractivity contribution in [1.29, 1.82) is 0 Å². The minimum atomic E-state index is -0.338. The minimum Gasteiger partial charge on any atom is -0.458 e. The van der Waals surface area contributed by atoms with Crippen LogP contribution in [0.4, 0.5) is 0 Å². The van der Waals surface area contributed by atoms with Gasteiger partial charge in [0.05, 0.1) is 6.10 Å². The van der Waals surface area contributed by atoms with E-state index in [0.717, 1.165) is 38.5 Å². The van der Waals surface area contributed by atoms with Crippen LogP contribution < -0.4 is 0 Å². The fourth-order valence-corrected chi connectivity index (χ4v) is 8.64. The Hall–Kier alpha value is -1.69. The van der Waals surface area contributed by atoms with E-state index in [2.05, 4.69) is 19.0 Å². The van der Waals surface area contributed by atoms with Crippen LogP contribution in [0.5, 0.6) is 0 Å². The molecule has 0 bridgehead atoms. The van der Waals surface area contributed by atoms with Crippen LogP contribution in [0.2, 0.25) is 0 Å². The molecule has 0 aromatic carbocycles. The molecule has 2 aliphatic heterocycles. The van der Waals surface area contributed by atoms with Gasteiger partial charge in [0.2, 0.25) is 0 Å². The molecule has 0 amide bonds. The normalized spacial score (nSPS) is 53.6. The van der Waals surface area contributed by atoms with Crippen molar-refractivity contribution in [3.63, 3.8) is 0 Å². The Morgan fingerprint density at radius 1 is 1.20 bits per heavy atom. The van der Waals surface area contributed by atoms with Crippen molar-refractivity contribution in [3.05, 3.63) is 11.6 Å². The third kappa shape index (κ3) is 2.02. The molecule has 2 spiro atoms. The van der Waals surface area contributed by atoms with E-state index in [1.807, 2.05) is 12.3 Å². The molecule has 30 heavy (non-hydrogen) atoms. The summed E-state index contributed by atoms with van der Waals surface area (Å²) in [5.74, 6) is 1.06. The summed E-state index contributed by atoms with van der Waals surface area (Å²) in [5.41, 5.74) is 0.483. The van der Waals surface area contributed by atoms with E-state index < -0.39 is 0 Å². The Labute approximate surface area is 177 Å². The molecule has 0 aromatic heterocycles. The average Bonchev–Trinajstić information content (AvgIpc) is 3.19. The van der Waals surface area contributed by atoms with Gasteiger partial charge < -0.3 is 14.3 Å². The predicted molar refractivity (Wildman–Crippen MR) is 109 cm³/mol. The van der Waals surface area contributed by atoms with Crippen LogP contribution in [0.1, 0.15) is 65.2 Å². The molecule has 3 saturated carbocycles. The summed E-state index contributed by atoms with van der Waals surface area (Å²) < 4.78 is 12.8. The molecule has 6 rings (SSSR count). The first-order valence-corrected chi connectivity index (χ1v) is 11.5. The van der Waals surface area contributed by atoms with E-state index in [1.54, 1.807) is 7.11 Å². The van der Waals surface area contributed by atoms with Crippen molar-refractivity contribution in [2.45, 2.75) is 82.5 Å². The number of epoxide rings is 1. The Morgan fingerprint density at radius 2 is 2.03 bits per heavy atom. The number of oxime groups is 1. The van der Waals surface area contributed by atoms with Crippen LogP contribution >= 0.6 is 0 Å². The minimum absolute atomic E-state index is 0.0467. The molecule has 5 fully saturated rings. The van der Waals surface area contributed by atoms with Gasteiger partial charge >= 0.3 is 5.97 Å². The van der Waals surface area contributed by atoms with Gasteiger partial charge in [-0.25, -0.2) is 0 Å². The maximum Gasteiger partial charge on any atom is 0.306 e. The molecule has 0 N–H and O–H groups in total. The molecule has 162 valence electrons. The number of carbonyl (C=O) groups is 2. The number of carbonyl (C=O) groups excluding carboxylic acids is 2. The first-order valence-electron chi connectivity index (χ1n) is 11.5. The van der Waals surface area contributed by atoms with E-state index in [0.29, 0.717) is 24.7 Å². The number of hydrogen-bond donors (Lipinski definition) is 0. The Bertz CT molecular complexity index is 896. The number of rotatable bonds is 2. The molecule has 2 saturated heterocycles. The second-order valence-corrected chi connectivity index (χ2v) is 10.9. The first-order chi connectivity index (χ1) is 14.3. The lowest BCUT2D eigenvalue weighted by molar-refractivity contribution is -0.165. The van der Waals surface area contributed by atoms with E-state index in [-0.39, 0.29) is 45.8 Å². The number of ketones is 1. The van der Waals surface area contributed by atoms with Crippen LogP contribution in [-0.2, 0) is 23.9 Å². The van der Waals surface area contributed by atoms with Gasteiger partial charge in [0.1, 0.15) is 18.3 Å². The lowest BCUT2D eigenvalue weighted by atomic mass is 9.44. The molecule has 6 nitrogen and oxygen atoms in total. The fraction of sp³-hybridized carbons (Fsp3) is 0.792. The van der Waals surface area contributed by atoms with Crippen LogP contribution in [0, 0.1) is 28.6 Å². The summed E-state index contributed by atoms with van der Waals surface area (Å²) in [5, 5.41) is 4.18. The van der Waals surface area contributed by atoms with E-state index in [4.69, 9.17) is 14.3 Å². The maximum atomic E-state index is 12.3. The summed E-state index contributed by atoms with van der Waals surface area (Å²) in [6.45, 7) is 4.67. The third-order valence-electron chi connectivity index (χ3n) is 10.1. The van der Waals surface area contributed by atoms with Gasteiger partial charge in [-0.15, -0.1) is 0 Å². The topological polar surface area (TPSA) is 77.5 Å². The molecular formula is C24H31NO5. The zero-order valence-corrected chi connectivity index (χ0v) is 18.1. The van der Waals surface area contributed by atoms with Gasteiger partial charge in [-0.05, 0) is 50.5 Å². The second-order valence-electron chi connectivity index (χ2n) is 10.9. The van der Waals surface area contributed by atoms with Gasteiger partial charge in [-0.1, -0.05) is 24.6 Å². The predicted octanol–water partition coefficient (Wildman–Crippen LogP) is 3.58. The number of ether oxygens (including phenoxy) is 2. The summed E-state index contributed by atoms with van der Waals surface area (Å²) in [6.07, 6.45) is 10.6. The summed E-state index contributed by atoms with van der Waals surface area (Å²) in [6, 6.07) is 0. The highest BCUT2D eigenvalue weighted by atomic mass is 16.6. The quantitative estimate of drug-likeness (QED) is 0.299. The van der Waals surface area contributed by atoms with Crippen LogP contribution in [-0.4, -0.2) is 42.4 Å². The van der Waals surface area contributed by atoms with Gasteiger partial charge in [-0.2, -0.15) is 0 Å². The van der Waals surface area contributed by atoms with Crippen molar-refractivity contribution < 1.29 is 23.9 Å². The molecule has 2 heterocycles. The van der Waals surface area contributed by atoms with Gasteiger partial charge in [0.15, 0.2) is 5.78 Å². The molecule has 6 aliphatic rings. The van der Waals surface area contributed by atoms with Crippen LogP contribution in [0.15, 0.2) is 16.8 Å². The van der Waals surface area contributed by atoms with Crippen molar-refractivity contribution >= 4 is 18.0 Å². The Kier molecular flexibility index (Phi) is 3.65. The number of hydrogen-bond acceptors (Lipinski definition) is 6. The highest BCUT2D eigenvalue weighted by molar-refractivity contribution is 5.92. The van der Waals surface area contributed by atoms with Crippen molar-refractivity contribution in [2.24, 2.45) is 33.7 Å². The molecule has 8 atom stereocenters. The zero-order valence-electron chi connectivity index (χ0n) is 18.1. The van der Waals surface area contributed by atoms with E-state index >= 15 is 0 Å². The van der Waals surface area contributed by atoms with Crippen molar-refractivity contribution in [2.75, 3.05) is 7.11 Å². The van der Waals surface area contributed by atoms with Gasteiger partial charge in [0, 0.05) is 41.7 Å². The van der Waals surface area contributed by atoms with Gasteiger partial charge in [-0.3, -0.25) is 9.59 Å². The molecule has 0 aromatic rings. The largest absolute Gasteiger partial charge is 0.458 e. The van der Waals surface area contributed by atoms with E-state index in [1.165, 1.54) is 5.57 Å². The standard InChI is InChI=1S/C24H31NO5/c1-21-7-4-16(26)11-15(21)10-14(13-25-28-3)20-17-5-8-23(9-6-19(27)30-23)22(17,2)12-18-24(20,21)29-18/h11,13-14,17-18,20H,4-10,12H2,1-3H3/b25-13+/t14-,17?,18-,20?,21-,22-,23+,24?/m0/s1. The molecule has 0 radical (unpaired) electrons. The number of esters is 1. The maximum absolute atomic E-state index is 12.3. The smallest absolute Gasteiger partial charge is 0.306 e. The highest BCUT2D eigenvalue weighted by Gasteiger charge is 2.82. The summed E-state index contributed by atoms with van der Waals surface area (Å²) >= 11 is 0. The highest BCUT2D eigenvalue weighted by Crippen LogP contribution is 2.78. The van der Waals surface area contributed by atoms with Crippen LogP contribution in [0.3, 0.4) is 0 Å². The SMILES string of the molecule is CO/N=C/[C@@H]1CC2=CC(=O)CC[C@]2(C)C23O[C@H]2C[C@@]2(C)C(CC[C@@]24CCC(=O)O4)C13. The third-order valence-corrected chi connectivity index (χ3v) is 10.1. The Morgan fingerprint density at radius 3 is 2.77 bits per heavy atom. The number of fused-ring (bicyclic) bond motifs is 4. The summed E-state index contributed by atoms with van der Waals surface area (Å²) in [4.78, 5) is 29.5. The van der Waals surface area contributed by atoms with Crippen molar-refractivity contribution in [3.8, 4) is 0 Å². The van der Waals surface area contributed by atoms with Gasteiger partial charge in [0.25, 0.3) is 0 Å². The lowest BCUT2D eigenvalue weighted by Crippen LogP contribution is -2.62. The lowest BCUT2D eigenvalue weighted by Gasteiger charge is -2.58. The molecule has 3 unspecified atom stereocenters. The van der Waals surface area contributed by atoms with E-state index in [9.17, 15) is 9.59 Å². The Balaban J connectivity index is 1.47. The number of nitrogens with zero attached hydrogens (tertiary/aromatic N) is 1. The monoisotopic (exact) mass is 413 g/mol.